The van der Waals surface area contributed by atoms with E-state index in [1.807, 2.05) is 12.1 Å². The molecule has 0 radical (unpaired) electrons. The van der Waals surface area contributed by atoms with Crippen LogP contribution >= 0.6 is 35.1 Å². The summed E-state index contributed by atoms with van der Waals surface area (Å²) in [4.78, 5) is 26.1. The second-order valence-corrected chi connectivity index (χ2v) is 7.19. The van der Waals surface area contributed by atoms with Crippen molar-refractivity contribution in [3.63, 3.8) is 0 Å². The monoisotopic (exact) mass is 375 g/mol. The Morgan fingerprint density at radius 3 is 2.71 bits per heavy atom. The van der Waals surface area contributed by atoms with Crippen LogP contribution in [0.5, 0.6) is 0 Å². The molecule has 0 bridgehead atoms. The summed E-state index contributed by atoms with van der Waals surface area (Å²) >= 11 is 8.14. The van der Waals surface area contributed by atoms with Gasteiger partial charge in [-0.05, 0) is 48.2 Å². The molecule has 1 aliphatic heterocycles. The quantitative estimate of drug-likeness (QED) is 0.570. The molecule has 4 nitrogen and oxygen atoms in total. The molecule has 2 heterocycles. The second-order valence-electron chi connectivity index (χ2n) is 4.68. The summed E-state index contributed by atoms with van der Waals surface area (Å²) in [7, 11) is 0. The molecule has 1 aromatic carbocycles. The first kappa shape index (κ1) is 16.8. The van der Waals surface area contributed by atoms with Gasteiger partial charge in [0.15, 0.2) is 5.09 Å². The predicted molar refractivity (Wildman–Crippen MR) is 95.8 cm³/mol. The van der Waals surface area contributed by atoms with E-state index in [0.717, 1.165) is 21.6 Å². The Balaban J connectivity index is 1.74. The number of rotatable bonds is 4. The maximum atomic E-state index is 12.1. The number of furan rings is 1. The molecule has 0 atom stereocenters. The Kier molecular flexibility index (Phi) is 5.05. The zero-order valence-electron chi connectivity index (χ0n) is 12.2. The van der Waals surface area contributed by atoms with Gasteiger partial charge in [0, 0.05) is 16.0 Å². The SMILES string of the molecule is C#CCN1C(=O)S/C(=C/c2ccc(Sc3ccc(Cl)cc3)o2)C1=O. The minimum atomic E-state index is -0.397. The third-order valence-electron chi connectivity index (χ3n) is 3.03. The van der Waals surface area contributed by atoms with Crippen molar-refractivity contribution >= 4 is 52.3 Å². The molecule has 2 amide bonds. The van der Waals surface area contributed by atoms with E-state index in [0.29, 0.717) is 20.8 Å². The van der Waals surface area contributed by atoms with Crippen molar-refractivity contribution in [2.45, 2.75) is 9.99 Å². The van der Waals surface area contributed by atoms with Crippen LogP contribution in [0.2, 0.25) is 5.02 Å². The third-order valence-corrected chi connectivity index (χ3v) is 5.12. The first-order chi connectivity index (χ1) is 11.6. The molecule has 1 aromatic heterocycles. The van der Waals surface area contributed by atoms with Gasteiger partial charge in [-0.25, -0.2) is 0 Å². The summed E-state index contributed by atoms with van der Waals surface area (Å²) < 4.78 is 5.68. The van der Waals surface area contributed by atoms with Crippen molar-refractivity contribution in [3.8, 4) is 12.3 Å². The van der Waals surface area contributed by atoms with Crippen LogP contribution in [-0.4, -0.2) is 22.6 Å². The number of hydrogen-bond acceptors (Lipinski definition) is 5. The molecule has 0 aliphatic carbocycles. The number of hydrogen-bond donors (Lipinski definition) is 0. The maximum Gasteiger partial charge on any atom is 0.294 e. The smallest absolute Gasteiger partial charge is 0.294 e. The Morgan fingerprint density at radius 1 is 1.25 bits per heavy atom. The van der Waals surface area contributed by atoms with Crippen molar-refractivity contribution in [1.29, 1.82) is 0 Å². The number of halogens is 1. The molecule has 120 valence electrons. The van der Waals surface area contributed by atoms with E-state index in [1.165, 1.54) is 11.8 Å². The van der Waals surface area contributed by atoms with Crippen LogP contribution in [-0.2, 0) is 4.79 Å². The number of imide groups is 1. The van der Waals surface area contributed by atoms with Gasteiger partial charge in [-0.15, -0.1) is 6.42 Å². The van der Waals surface area contributed by atoms with E-state index >= 15 is 0 Å². The van der Waals surface area contributed by atoms with Crippen molar-refractivity contribution < 1.29 is 14.0 Å². The molecule has 1 fully saturated rings. The van der Waals surface area contributed by atoms with E-state index in [2.05, 4.69) is 5.92 Å². The predicted octanol–water partition coefficient (Wildman–Crippen LogP) is 4.75. The first-order valence-electron chi connectivity index (χ1n) is 6.79. The number of nitrogens with zero attached hydrogens (tertiary/aromatic N) is 1. The minimum Gasteiger partial charge on any atom is -0.450 e. The number of carbonyl (C=O) groups excluding carboxylic acids is 2. The fraction of sp³-hybridized carbons (Fsp3) is 0.0588. The highest BCUT2D eigenvalue weighted by Crippen LogP contribution is 2.34. The van der Waals surface area contributed by atoms with Gasteiger partial charge in [-0.2, -0.15) is 0 Å². The highest BCUT2D eigenvalue weighted by molar-refractivity contribution is 8.18. The summed E-state index contributed by atoms with van der Waals surface area (Å²) in [6.45, 7) is -0.0299. The molecule has 1 aliphatic rings. The van der Waals surface area contributed by atoms with Gasteiger partial charge >= 0.3 is 0 Å². The van der Waals surface area contributed by atoms with Crippen LogP contribution in [0.25, 0.3) is 6.08 Å². The van der Waals surface area contributed by atoms with E-state index in [-0.39, 0.29) is 11.8 Å². The average Bonchev–Trinajstić information content (AvgIpc) is 3.10. The molecule has 24 heavy (non-hydrogen) atoms. The van der Waals surface area contributed by atoms with Crippen LogP contribution in [0, 0.1) is 12.3 Å². The lowest BCUT2D eigenvalue weighted by molar-refractivity contribution is -0.122. The van der Waals surface area contributed by atoms with Crippen LogP contribution in [0.3, 0.4) is 0 Å². The fourth-order valence-electron chi connectivity index (χ4n) is 1.94. The minimum absolute atomic E-state index is 0.0299. The number of carbonyl (C=O) groups is 2. The Morgan fingerprint density at radius 2 is 2.00 bits per heavy atom. The molecule has 7 heteroatoms. The van der Waals surface area contributed by atoms with Gasteiger partial charge in [0.1, 0.15) is 5.76 Å². The highest BCUT2D eigenvalue weighted by Gasteiger charge is 2.34. The molecule has 0 spiro atoms. The summed E-state index contributed by atoms with van der Waals surface area (Å²) in [6.07, 6.45) is 6.71. The lowest BCUT2D eigenvalue weighted by atomic mass is 10.3. The summed E-state index contributed by atoms with van der Waals surface area (Å²) in [5.41, 5.74) is 0. The van der Waals surface area contributed by atoms with Gasteiger partial charge in [0.2, 0.25) is 0 Å². The summed E-state index contributed by atoms with van der Waals surface area (Å²) in [6, 6.07) is 10.9. The Hall–Kier alpha value is -2.07. The number of benzene rings is 1. The zero-order chi connectivity index (χ0) is 17.1. The second kappa shape index (κ2) is 7.22. The average molecular weight is 376 g/mol. The van der Waals surface area contributed by atoms with Crippen LogP contribution < -0.4 is 0 Å². The van der Waals surface area contributed by atoms with Crippen LogP contribution in [0.4, 0.5) is 4.79 Å². The number of amides is 2. The van der Waals surface area contributed by atoms with Crippen molar-refractivity contribution in [1.82, 2.24) is 4.90 Å². The lowest BCUT2D eigenvalue weighted by Gasteiger charge is -2.06. The normalized spacial score (nSPS) is 16.0. The Labute approximate surface area is 152 Å². The van der Waals surface area contributed by atoms with Crippen molar-refractivity contribution in [2.24, 2.45) is 0 Å². The highest BCUT2D eigenvalue weighted by atomic mass is 35.5. The van der Waals surface area contributed by atoms with Gasteiger partial charge in [-0.1, -0.05) is 29.3 Å². The van der Waals surface area contributed by atoms with E-state index < -0.39 is 5.91 Å². The first-order valence-corrected chi connectivity index (χ1v) is 8.80. The van der Waals surface area contributed by atoms with Crippen LogP contribution in [0.15, 0.2) is 55.7 Å². The topological polar surface area (TPSA) is 50.5 Å². The van der Waals surface area contributed by atoms with Crippen molar-refractivity contribution in [2.75, 3.05) is 6.54 Å². The van der Waals surface area contributed by atoms with E-state index in [4.69, 9.17) is 22.4 Å². The van der Waals surface area contributed by atoms with E-state index in [1.54, 1.807) is 30.3 Å². The summed E-state index contributed by atoms with van der Waals surface area (Å²) in [5.74, 6) is 2.40. The molecule has 1 saturated heterocycles. The molecule has 0 saturated carbocycles. The third kappa shape index (κ3) is 3.70. The molecule has 2 aromatic rings. The molecule has 0 unspecified atom stereocenters. The Bertz CT molecular complexity index is 865. The fourth-order valence-corrected chi connectivity index (χ4v) is 3.67. The molecular weight excluding hydrogens is 366 g/mol. The number of terminal acetylenes is 1. The summed E-state index contributed by atoms with van der Waals surface area (Å²) in [5, 5.41) is 0.972. The van der Waals surface area contributed by atoms with Gasteiger partial charge in [0.05, 0.1) is 11.4 Å². The van der Waals surface area contributed by atoms with Gasteiger partial charge in [-0.3, -0.25) is 14.5 Å². The van der Waals surface area contributed by atoms with Gasteiger partial charge < -0.3 is 4.42 Å². The van der Waals surface area contributed by atoms with Crippen molar-refractivity contribution in [3.05, 3.63) is 52.1 Å². The maximum absolute atomic E-state index is 12.1. The standard InChI is InChI=1S/C17H10ClNO3S2/c1-2-9-19-16(20)14(24-17(19)21)10-12-5-8-15(22-12)23-13-6-3-11(18)4-7-13/h1,3-8,10H,9H2/b14-10+. The lowest BCUT2D eigenvalue weighted by Crippen LogP contribution is -2.28. The van der Waals surface area contributed by atoms with Crippen LogP contribution in [0.1, 0.15) is 5.76 Å². The number of thioether (sulfide) groups is 1. The molecule has 0 N–H and O–H groups in total. The largest absolute Gasteiger partial charge is 0.450 e. The molecule has 3 rings (SSSR count). The van der Waals surface area contributed by atoms with E-state index in [9.17, 15) is 9.59 Å². The van der Waals surface area contributed by atoms with Gasteiger partial charge in [0.25, 0.3) is 11.1 Å². The zero-order valence-corrected chi connectivity index (χ0v) is 14.6. The molecular formula is C17H10ClNO3S2.